The number of aliphatic hydroxyl groups is 1. The van der Waals surface area contributed by atoms with Crippen molar-refractivity contribution in [1.29, 1.82) is 0 Å². The smallest absolute Gasteiger partial charge is 0.133 e. The van der Waals surface area contributed by atoms with Gasteiger partial charge in [0.2, 0.25) is 0 Å². The molecule has 0 bridgehead atoms. The molecule has 0 spiro atoms. The second-order valence-electron chi connectivity index (χ2n) is 1.44. The number of nitrogens with two attached hydrogens (primary N) is 3. The predicted molar refractivity (Wildman–Crippen MR) is 27.1 cm³/mol. The van der Waals surface area contributed by atoms with E-state index in [1.807, 2.05) is 0 Å². The van der Waals surface area contributed by atoms with Gasteiger partial charge >= 0.3 is 0 Å². The van der Waals surface area contributed by atoms with Crippen molar-refractivity contribution in [3.63, 3.8) is 0 Å². The third-order valence-electron chi connectivity index (χ3n) is 0.512. The van der Waals surface area contributed by atoms with Crippen LogP contribution in [0, 0.1) is 0 Å². The van der Waals surface area contributed by atoms with E-state index in [9.17, 15) is 0 Å². The average molecular weight is 101 g/mol. The zero-order valence-corrected chi connectivity index (χ0v) is 3.83. The lowest BCUT2D eigenvalue weighted by molar-refractivity contribution is 0.163. The van der Waals surface area contributed by atoms with E-state index in [4.69, 9.17) is 30.2 Å². The van der Waals surface area contributed by atoms with Gasteiger partial charge in [-0.3, -0.25) is 17.2 Å². The number of hydrogen-bond acceptors (Lipinski definition) is 4. The summed E-state index contributed by atoms with van der Waals surface area (Å²) in [6.07, 6.45) is 0. The summed E-state index contributed by atoms with van der Waals surface area (Å²) in [6.45, 7) is 0. The van der Waals surface area contributed by atoms with Crippen molar-refractivity contribution < 1.29 is 5.11 Å². The van der Waals surface area contributed by atoms with Gasteiger partial charge < -0.3 is 5.11 Å². The third kappa shape index (κ3) is 2.58. The normalized spacial score (nSPS) is 16.6. The molecule has 0 aliphatic heterocycles. The predicted octanol–water partition coefficient (Wildman–Crippen LogP) is -3.00. The molecule has 0 rings (SSSR count). The summed E-state index contributed by atoms with van der Waals surface area (Å²) in [7, 11) is 4.75. The molecule has 0 saturated heterocycles. The van der Waals surface area contributed by atoms with Gasteiger partial charge in [-0.05, 0) is 0 Å². The van der Waals surface area contributed by atoms with Crippen LogP contribution in [0.4, 0.5) is 0 Å². The van der Waals surface area contributed by atoms with Crippen molar-refractivity contribution in [2.45, 2.75) is 11.8 Å². The molecule has 4 nitrogen and oxygen atoms in total. The van der Waals surface area contributed by atoms with Gasteiger partial charge in [-0.1, -0.05) is 0 Å². The van der Waals surface area contributed by atoms with Crippen molar-refractivity contribution in [3.8, 4) is 0 Å². The maximum Gasteiger partial charge on any atom is 0.133 e. The second kappa shape index (κ2) is 1.79. The van der Waals surface area contributed by atoms with Crippen LogP contribution in [0.1, 0.15) is 0 Å². The SMILES string of the molecule is [B]C(O)C(N)(N)N. The van der Waals surface area contributed by atoms with Crippen molar-refractivity contribution in [3.05, 3.63) is 0 Å². The summed E-state index contributed by atoms with van der Waals surface area (Å²) in [5.74, 6) is -1.67. The molecule has 40 valence electrons. The van der Waals surface area contributed by atoms with Gasteiger partial charge in [0.05, 0.1) is 6.00 Å². The molecule has 0 aromatic rings. The van der Waals surface area contributed by atoms with Crippen LogP contribution >= 0.6 is 0 Å². The van der Waals surface area contributed by atoms with Crippen LogP contribution in [-0.2, 0) is 0 Å². The monoisotopic (exact) mass is 101 g/mol. The van der Waals surface area contributed by atoms with Gasteiger partial charge in [-0.25, -0.2) is 0 Å². The van der Waals surface area contributed by atoms with E-state index < -0.39 is 11.8 Å². The fourth-order valence-corrected chi connectivity index (χ4v) is 0. The maximum absolute atomic E-state index is 8.29. The Labute approximate surface area is 43.1 Å². The Morgan fingerprint density at radius 2 is 1.57 bits per heavy atom. The fraction of sp³-hybridized carbons (Fsp3) is 1.00. The van der Waals surface area contributed by atoms with E-state index in [2.05, 4.69) is 0 Å². The van der Waals surface area contributed by atoms with Crippen LogP contribution in [0.2, 0.25) is 0 Å². The molecule has 0 aromatic carbocycles. The van der Waals surface area contributed by atoms with Crippen LogP contribution in [0.3, 0.4) is 0 Å². The van der Waals surface area contributed by atoms with Crippen molar-refractivity contribution in [2.75, 3.05) is 0 Å². The minimum Gasteiger partial charge on any atom is -0.398 e. The molecule has 0 aliphatic carbocycles. The Hall–Kier alpha value is -0.0951. The zero-order valence-electron chi connectivity index (χ0n) is 3.83. The lowest BCUT2D eigenvalue weighted by Crippen LogP contribution is -2.66. The van der Waals surface area contributed by atoms with E-state index >= 15 is 0 Å². The Kier molecular flexibility index (Phi) is 1.77. The molecule has 5 heteroatoms. The van der Waals surface area contributed by atoms with Crippen LogP contribution < -0.4 is 17.2 Å². The summed E-state index contributed by atoms with van der Waals surface area (Å²) < 4.78 is 0. The topological polar surface area (TPSA) is 98.3 Å². The van der Waals surface area contributed by atoms with E-state index in [0.717, 1.165) is 0 Å². The van der Waals surface area contributed by atoms with Crippen LogP contribution in [0.15, 0.2) is 0 Å². The third-order valence-corrected chi connectivity index (χ3v) is 0.512. The molecule has 0 aromatic heterocycles. The van der Waals surface area contributed by atoms with Gasteiger partial charge in [0.1, 0.15) is 13.6 Å². The highest BCUT2D eigenvalue weighted by molar-refractivity contribution is 6.11. The van der Waals surface area contributed by atoms with Crippen molar-refractivity contribution in [2.24, 2.45) is 17.2 Å². The minimum atomic E-state index is -1.67. The highest BCUT2D eigenvalue weighted by Gasteiger charge is 2.17. The first kappa shape index (κ1) is 6.90. The van der Waals surface area contributed by atoms with E-state index in [1.165, 1.54) is 0 Å². The van der Waals surface area contributed by atoms with Crippen LogP contribution in [0.25, 0.3) is 0 Å². The number of aliphatic hydroxyl groups excluding tert-OH is 1. The Balaban J connectivity index is 3.54. The Bertz CT molecular complexity index is 58.4. The summed E-state index contributed by atoms with van der Waals surface area (Å²) >= 11 is 0. The van der Waals surface area contributed by atoms with E-state index in [0.29, 0.717) is 0 Å². The van der Waals surface area contributed by atoms with E-state index in [-0.39, 0.29) is 0 Å². The molecule has 1 atom stereocenters. The summed E-state index contributed by atoms with van der Waals surface area (Å²) in [5.41, 5.74) is 14.6. The first-order valence-electron chi connectivity index (χ1n) is 1.75. The van der Waals surface area contributed by atoms with Gasteiger partial charge in [-0.2, -0.15) is 0 Å². The highest BCUT2D eigenvalue weighted by Crippen LogP contribution is 1.80. The first-order chi connectivity index (χ1) is 2.94. The van der Waals surface area contributed by atoms with Gasteiger partial charge in [-0.15, -0.1) is 0 Å². The van der Waals surface area contributed by atoms with E-state index in [1.54, 1.807) is 0 Å². The Morgan fingerprint density at radius 3 is 1.57 bits per heavy atom. The standard InChI is InChI=1S/C2H8BN3O/c3-1(7)2(4,5)6/h1,7H,4-6H2. The highest BCUT2D eigenvalue weighted by atomic mass is 16.3. The zero-order chi connectivity index (χ0) is 6.08. The summed E-state index contributed by atoms with van der Waals surface area (Å²) in [6, 6.07) is -1.37. The molecule has 0 aliphatic rings. The quantitative estimate of drug-likeness (QED) is 0.209. The van der Waals surface area contributed by atoms with Crippen LogP contribution in [0.5, 0.6) is 0 Å². The molecule has 0 heterocycles. The molecule has 7 heavy (non-hydrogen) atoms. The van der Waals surface area contributed by atoms with Gasteiger partial charge in [0.15, 0.2) is 0 Å². The molecule has 0 fully saturated rings. The first-order valence-corrected chi connectivity index (χ1v) is 1.75. The minimum absolute atomic E-state index is 1.37. The fourth-order valence-electron chi connectivity index (χ4n) is 0. The molecule has 0 saturated carbocycles. The number of rotatable bonds is 1. The van der Waals surface area contributed by atoms with Gasteiger partial charge in [0, 0.05) is 0 Å². The summed E-state index contributed by atoms with van der Waals surface area (Å²) in [5, 5.41) is 8.29. The Morgan fingerprint density at radius 1 is 1.43 bits per heavy atom. The second-order valence-corrected chi connectivity index (χ2v) is 1.44. The van der Waals surface area contributed by atoms with Gasteiger partial charge in [0.25, 0.3) is 0 Å². The summed E-state index contributed by atoms with van der Waals surface area (Å²) in [4.78, 5) is 0. The van der Waals surface area contributed by atoms with Crippen LogP contribution in [-0.4, -0.2) is 24.7 Å². The largest absolute Gasteiger partial charge is 0.398 e. The molecule has 7 N–H and O–H groups in total. The van der Waals surface area contributed by atoms with Crippen molar-refractivity contribution in [1.82, 2.24) is 0 Å². The number of hydrogen-bond donors (Lipinski definition) is 4. The maximum atomic E-state index is 8.29. The lowest BCUT2D eigenvalue weighted by Gasteiger charge is -2.21. The average Bonchev–Trinajstić information content (AvgIpc) is 1.31. The molecular formula is C2H8BN3O. The lowest BCUT2D eigenvalue weighted by atomic mass is 9.94. The molecular weight excluding hydrogens is 92.9 g/mol. The molecule has 0 amide bonds. The molecule has 2 radical (unpaired) electrons. The molecule has 1 unspecified atom stereocenters. The van der Waals surface area contributed by atoms with Crippen molar-refractivity contribution >= 4 is 7.85 Å².